The summed E-state index contributed by atoms with van der Waals surface area (Å²) in [6.45, 7) is 1.90. The molecular formula is C16H13Cl2N3OS. The molecule has 1 fully saturated rings. The van der Waals surface area contributed by atoms with E-state index in [1.807, 2.05) is 31.2 Å². The first-order valence-electron chi connectivity index (χ1n) is 6.94. The predicted molar refractivity (Wildman–Crippen MR) is 95.8 cm³/mol. The molecule has 0 saturated carbocycles. The fourth-order valence-corrected chi connectivity index (χ4v) is 3.82. The number of aliphatic imine (C=N–C) groups is 1. The van der Waals surface area contributed by atoms with Crippen molar-refractivity contribution in [3.05, 3.63) is 57.7 Å². The number of pyridine rings is 1. The van der Waals surface area contributed by atoms with Gasteiger partial charge in [-0.05, 0) is 49.2 Å². The Morgan fingerprint density at radius 2 is 2.00 bits per heavy atom. The number of thioether (sulfide) groups is 1. The normalized spacial score (nSPS) is 19.2. The molecule has 0 aliphatic carbocycles. The lowest BCUT2D eigenvalue weighted by Gasteiger charge is -2.06. The van der Waals surface area contributed by atoms with Gasteiger partial charge in [0.2, 0.25) is 5.91 Å². The molecule has 1 amide bonds. The van der Waals surface area contributed by atoms with Crippen LogP contribution in [0.25, 0.3) is 0 Å². The number of hydrogen-bond donors (Lipinski definition) is 1. The number of carbonyl (C=O) groups is 1. The Hall–Kier alpha value is -1.56. The summed E-state index contributed by atoms with van der Waals surface area (Å²) >= 11 is 13.4. The number of aryl methyl sites for hydroxylation is 1. The smallest absolute Gasteiger partial charge is 0.239 e. The zero-order chi connectivity index (χ0) is 16.4. The molecule has 4 nitrogen and oxygen atoms in total. The Morgan fingerprint density at radius 3 is 2.70 bits per heavy atom. The maximum Gasteiger partial charge on any atom is 0.239 e. The summed E-state index contributed by atoms with van der Waals surface area (Å²) in [6.07, 6.45) is 0.539. The average molecular weight is 366 g/mol. The minimum atomic E-state index is -0.256. The number of benzene rings is 1. The van der Waals surface area contributed by atoms with Crippen molar-refractivity contribution in [1.82, 2.24) is 10.3 Å². The van der Waals surface area contributed by atoms with E-state index < -0.39 is 0 Å². The Balaban J connectivity index is 1.74. The molecule has 1 aromatic heterocycles. The number of amides is 1. The number of halogens is 2. The highest BCUT2D eigenvalue weighted by Gasteiger charge is 2.30. The summed E-state index contributed by atoms with van der Waals surface area (Å²) < 4.78 is 0. The van der Waals surface area contributed by atoms with Crippen molar-refractivity contribution < 1.29 is 4.79 Å². The molecule has 1 unspecified atom stereocenters. The number of nitrogens with one attached hydrogen (secondary N) is 1. The summed E-state index contributed by atoms with van der Waals surface area (Å²) in [5, 5.41) is 4.22. The zero-order valence-corrected chi connectivity index (χ0v) is 14.5. The summed E-state index contributed by atoms with van der Waals surface area (Å²) in [7, 11) is 0. The zero-order valence-electron chi connectivity index (χ0n) is 12.2. The first-order chi connectivity index (χ1) is 11.0. The molecule has 23 heavy (non-hydrogen) atoms. The molecule has 0 bridgehead atoms. The van der Waals surface area contributed by atoms with Gasteiger partial charge in [-0.25, -0.2) is 9.98 Å². The highest BCUT2D eigenvalue weighted by atomic mass is 35.5. The van der Waals surface area contributed by atoms with Crippen molar-refractivity contribution in [3.8, 4) is 0 Å². The van der Waals surface area contributed by atoms with Gasteiger partial charge in [0, 0.05) is 15.7 Å². The van der Waals surface area contributed by atoms with Crippen LogP contribution in [0.1, 0.15) is 11.3 Å². The lowest BCUT2D eigenvalue weighted by molar-refractivity contribution is -0.118. The van der Waals surface area contributed by atoms with E-state index in [2.05, 4.69) is 15.3 Å². The first kappa shape index (κ1) is 16.3. The molecule has 3 rings (SSSR count). The molecule has 1 N–H and O–H groups in total. The third kappa shape index (κ3) is 4.25. The van der Waals surface area contributed by atoms with E-state index >= 15 is 0 Å². The Labute approximate surface area is 148 Å². The van der Waals surface area contributed by atoms with Gasteiger partial charge in [-0.15, -0.1) is 0 Å². The molecule has 118 valence electrons. The lowest BCUT2D eigenvalue weighted by Crippen LogP contribution is -2.26. The summed E-state index contributed by atoms with van der Waals surface area (Å²) in [5.41, 5.74) is 1.80. The topological polar surface area (TPSA) is 54.4 Å². The van der Waals surface area contributed by atoms with Crippen molar-refractivity contribution in [2.75, 3.05) is 0 Å². The van der Waals surface area contributed by atoms with Gasteiger partial charge in [0.15, 0.2) is 11.0 Å². The number of aromatic nitrogens is 1. The minimum Gasteiger partial charge on any atom is -0.304 e. The number of rotatable bonds is 3. The monoisotopic (exact) mass is 365 g/mol. The van der Waals surface area contributed by atoms with Crippen molar-refractivity contribution in [1.29, 1.82) is 0 Å². The Bertz CT molecular complexity index is 774. The van der Waals surface area contributed by atoms with Crippen LogP contribution in [0.2, 0.25) is 10.0 Å². The van der Waals surface area contributed by atoms with Crippen LogP contribution in [0, 0.1) is 6.92 Å². The number of hydrogen-bond acceptors (Lipinski definition) is 4. The van der Waals surface area contributed by atoms with E-state index in [1.165, 1.54) is 11.8 Å². The van der Waals surface area contributed by atoms with Crippen LogP contribution in [0.15, 0.2) is 41.4 Å². The highest BCUT2D eigenvalue weighted by Crippen LogP contribution is 2.27. The van der Waals surface area contributed by atoms with Crippen LogP contribution in [0.5, 0.6) is 0 Å². The van der Waals surface area contributed by atoms with Gasteiger partial charge in [0.1, 0.15) is 0 Å². The Morgan fingerprint density at radius 1 is 1.26 bits per heavy atom. The van der Waals surface area contributed by atoms with Gasteiger partial charge in [0.05, 0.1) is 5.25 Å². The lowest BCUT2D eigenvalue weighted by atomic mass is 10.1. The van der Waals surface area contributed by atoms with Gasteiger partial charge in [0.25, 0.3) is 0 Å². The van der Waals surface area contributed by atoms with Crippen molar-refractivity contribution >= 4 is 51.9 Å². The SMILES string of the molecule is Cc1cccc(/N=C2/NC(=O)C(Cc3cc(Cl)cc(Cl)c3)S2)n1. The number of nitrogens with zero attached hydrogens (tertiary/aromatic N) is 2. The van der Waals surface area contributed by atoms with E-state index in [0.29, 0.717) is 27.5 Å². The maximum atomic E-state index is 12.1. The number of amidine groups is 1. The fourth-order valence-electron chi connectivity index (χ4n) is 2.23. The first-order valence-corrected chi connectivity index (χ1v) is 8.58. The molecule has 1 saturated heterocycles. The van der Waals surface area contributed by atoms with E-state index in [-0.39, 0.29) is 11.2 Å². The summed E-state index contributed by atoms with van der Waals surface area (Å²) in [5.74, 6) is 0.511. The third-order valence-electron chi connectivity index (χ3n) is 3.21. The molecule has 0 spiro atoms. The van der Waals surface area contributed by atoms with Gasteiger partial charge in [-0.3, -0.25) is 4.79 Å². The van der Waals surface area contributed by atoms with Gasteiger partial charge >= 0.3 is 0 Å². The van der Waals surface area contributed by atoms with Crippen LogP contribution in [-0.2, 0) is 11.2 Å². The molecule has 1 aliphatic heterocycles. The van der Waals surface area contributed by atoms with Crippen LogP contribution in [-0.4, -0.2) is 21.3 Å². The molecule has 1 atom stereocenters. The van der Waals surface area contributed by atoms with Gasteiger partial charge < -0.3 is 5.32 Å². The Kier molecular flexibility index (Phi) is 4.90. The van der Waals surface area contributed by atoms with E-state index in [9.17, 15) is 4.79 Å². The van der Waals surface area contributed by atoms with Gasteiger partial charge in [-0.1, -0.05) is 41.0 Å². The van der Waals surface area contributed by atoms with Crippen LogP contribution >= 0.6 is 35.0 Å². The molecule has 7 heteroatoms. The third-order valence-corrected chi connectivity index (χ3v) is 4.73. The molecule has 2 heterocycles. The van der Waals surface area contributed by atoms with Crippen LogP contribution in [0.3, 0.4) is 0 Å². The number of carbonyl (C=O) groups excluding carboxylic acids is 1. The quantitative estimate of drug-likeness (QED) is 0.888. The van der Waals surface area contributed by atoms with Crippen molar-refractivity contribution in [2.45, 2.75) is 18.6 Å². The molecule has 1 aromatic carbocycles. The van der Waals surface area contributed by atoms with Crippen LogP contribution in [0.4, 0.5) is 5.82 Å². The predicted octanol–water partition coefficient (Wildman–Crippen LogP) is 4.16. The minimum absolute atomic E-state index is 0.0718. The fraction of sp³-hybridized carbons (Fsp3) is 0.188. The van der Waals surface area contributed by atoms with E-state index in [4.69, 9.17) is 23.2 Å². The van der Waals surface area contributed by atoms with Crippen molar-refractivity contribution in [2.24, 2.45) is 4.99 Å². The van der Waals surface area contributed by atoms with E-state index in [0.717, 1.165) is 11.3 Å². The second-order valence-electron chi connectivity index (χ2n) is 5.13. The molecular weight excluding hydrogens is 353 g/mol. The van der Waals surface area contributed by atoms with Gasteiger partial charge in [-0.2, -0.15) is 0 Å². The maximum absolute atomic E-state index is 12.1. The molecule has 2 aromatic rings. The summed E-state index contributed by atoms with van der Waals surface area (Å²) in [4.78, 5) is 20.8. The van der Waals surface area contributed by atoms with Crippen LogP contribution < -0.4 is 5.32 Å². The second-order valence-corrected chi connectivity index (χ2v) is 7.20. The van der Waals surface area contributed by atoms with Crippen molar-refractivity contribution in [3.63, 3.8) is 0 Å². The molecule has 0 radical (unpaired) electrons. The second kappa shape index (κ2) is 6.91. The molecule has 1 aliphatic rings. The highest BCUT2D eigenvalue weighted by molar-refractivity contribution is 8.15. The largest absolute Gasteiger partial charge is 0.304 e. The van der Waals surface area contributed by atoms with E-state index in [1.54, 1.807) is 12.1 Å². The summed E-state index contributed by atoms with van der Waals surface area (Å²) in [6, 6.07) is 10.9. The average Bonchev–Trinajstić information content (AvgIpc) is 2.77. The standard InChI is InChI=1S/C16H13Cl2N3OS/c1-9-3-2-4-14(19-9)20-16-21-15(22)13(23-16)7-10-5-11(17)8-12(18)6-10/h2-6,8,13H,7H2,1H3,(H,19,20,21,22).